The molecule has 0 saturated carbocycles. The SMILES string of the molecule is CCCN(CC(=O)N1CCCC1c1ccc(OC)cc1OC)C1CCN(C(=O)c2ccccc2)CC1. The van der Waals surface area contributed by atoms with Gasteiger partial charge in [-0.15, -0.1) is 0 Å². The molecule has 2 amide bonds. The number of nitrogens with zero attached hydrogens (tertiary/aromatic N) is 3. The lowest BCUT2D eigenvalue weighted by molar-refractivity contribution is -0.134. The number of hydrogen-bond acceptors (Lipinski definition) is 5. The lowest BCUT2D eigenvalue weighted by Gasteiger charge is -2.39. The van der Waals surface area contributed by atoms with Crippen molar-refractivity contribution in [2.24, 2.45) is 0 Å². The van der Waals surface area contributed by atoms with Crippen LogP contribution in [0.5, 0.6) is 11.5 Å². The lowest BCUT2D eigenvalue weighted by atomic mass is 10.0. The number of carbonyl (C=O) groups excluding carboxylic acids is 2. The summed E-state index contributed by atoms with van der Waals surface area (Å²) in [5, 5.41) is 0. The molecule has 0 aliphatic carbocycles. The summed E-state index contributed by atoms with van der Waals surface area (Å²) in [6.07, 6.45) is 4.69. The molecule has 0 aromatic heterocycles. The van der Waals surface area contributed by atoms with Crippen molar-refractivity contribution in [3.8, 4) is 11.5 Å². The van der Waals surface area contributed by atoms with E-state index in [2.05, 4.69) is 11.8 Å². The second kappa shape index (κ2) is 12.3. The summed E-state index contributed by atoms with van der Waals surface area (Å²) < 4.78 is 11.0. The summed E-state index contributed by atoms with van der Waals surface area (Å²) >= 11 is 0. The third kappa shape index (κ3) is 5.84. The van der Waals surface area contributed by atoms with Crippen molar-refractivity contribution >= 4 is 11.8 Å². The molecule has 7 nitrogen and oxygen atoms in total. The van der Waals surface area contributed by atoms with Gasteiger partial charge in [0.1, 0.15) is 11.5 Å². The number of carbonyl (C=O) groups is 2. The molecular weight excluding hydrogens is 454 g/mol. The van der Waals surface area contributed by atoms with Gasteiger partial charge in [0, 0.05) is 42.9 Å². The molecule has 1 atom stereocenters. The summed E-state index contributed by atoms with van der Waals surface area (Å²) in [6.45, 7) is 5.67. The second-order valence-electron chi connectivity index (χ2n) is 9.71. The molecule has 194 valence electrons. The molecule has 0 radical (unpaired) electrons. The quantitative estimate of drug-likeness (QED) is 0.519. The summed E-state index contributed by atoms with van der Waals surface area (Å²) in [6, 6.07) is 15.7. The van der Waals surface area contributed by atoms with Crippen LogP contribution in [0.1, 0.15) is 61.0 Å². The van der Waals surface area contributed by atoms with Gasteiger partial charge in [-0.05, 0) is 62.9 Å². The molecule has 36 heavy (non-hydrogen) atoms. The summed E-state index contributed by atoms with van der Waals surface area (Å²) in [4.78, 5) is 32.8. The van der Waals surface area contributed by atoms with Crippen molar-refractivity contribution in [1.29, 1.82) is 0 Å². The van der Waals surface area contributed by atoms with E-state index in [1.807, 2.05) is 58.3 Å². The number of hydrogen-bond donors (Lipinski definition) is 0. The largest absolute Gasteiger partial charge is 0.497 e. The maximum Gasteiger partial charge on any atom is 0.253 e. The van der Waals surface area contributed by atoms with E-state index < -0.39 is 0 Å². The van der Waals surface area contributed by atoms with Crippen LogP contribution in [0.25, 0.3) is 0 Å². The molecule has 2 aliphatic rings. The van der Waals surface area contributed by atoms with Crippen molar-refractivity contribution in [2.45, 2.75) is 51.1 Å². The van der Waals surface area contributed by atoms with Gasteiger partial charge >= 0.3 is 0 Å². The van der Waals surface area contributed by atoms with Crippen molar-refractivity contribution in [3.05, 3.63) is 59.7 Å². The number of rotatable bonds is 9. The van der Waals surface area contributed by atoms with E-state index >= 15 is 0 Å². The highest BCUT2D eigenvalue weighted by atomic mass is 16.5. The number of methoxy groups -OCH3 is 2. The average Bonchev–Trinajstić information content (AvgIpc) is 3.42. The topological polar surface area (TPSA) is 62.3 Å². The minimum Gasteiger partial charge on any atom is -0.497 e. The van der Waals surface area contributed by atoms with Crippen LogP contribution in [0.2, 0.25) is 0 Å². The first kappa shape index (κ1) is 26.0. The molecule has 2 aliphatic heterocycles. The van der Waals surface area contributed by atoms with Crippen LogP contribution < -0.4 is 9.47 Å². The Kier molecular flexibility index (Phi) is 8.86. The number of ether oxygens (including phenoxy) is 2. The summed E-state index contributed by atoms with van der Waals surface area (Å²) in [5.41, 5.74) is 1.78. The van der Waals surface area contributed by atoms with Gasteiger partial charge in [0.25, 0.3) is 5.91 Å². The molecule has 7 heteroatoms. The molecule has 1 unspecified atom stereocenters. The number of likely N-dealkylation sites (tertiary alicyclic amines) is 2. The zero-order valence-electron chi connectivity index (χ0n) is 21.8. The minimum atomic E-state index is 0.0205. The van der Waals surface area contributed by atoms with Crippen LogP contribution >= 0.6 is 0 Å². The van der Waals surface area contributed by atoms with Crippen LogP contribution in [0.15, 0.2) is 48.5 Å². The van der Waals surface area contributed by atoms with Crippen LogP contribution in [0.3, 0.4) is 0 Å². The zero-order valence-corrected chi connectivity index (χ0v) is 21.8. The molecule has 2 heterocycles. The maximum atomic E-state index is 13.6. The Bertz CT molecular complexity index is 1020. The van der Waals surface area contributed by atoms with Crippen molar-refractivity contribution in [3.63, 3.8) is 0 Å². The van der Waals surface area contributed by atoms with E-state index in [1.165, 1.54) is 0 Å². The van der Waals surface area contributed by atoms with Gasteiger partial charge < -0.3 is 19.3 Å². The Balaban J connectivity index is 1.40. The van der Waals surface area contributed by atoms with Crippen LogP contribution in [0, 0.1) is 0 Å². The number of benzene rings is 2. The molecule has 4 rings (SSSR count). The Morgan fingerprint density at radius 3 is 2.39 bits per heavy atom. The van der Waals surface area contributed by atoms with Gasteiger partial charge in [-0.3, -0.25) is 14.5 Å². The van der Waals surface area contributed by atoms with Crippen molar-refractivity contribution in [2.75, 3.05) is 46.9 Å². The number of amides is 2. The maximum absolute atomic E-state index is 13.6. The van der Waals surface area contributed by atoms with Gasteiger partial charge in [0.2, 0.25) is 5.91 Å². The Morgan fingerprint density at radius 2 is 1.72 bits per heavy atom. The fourth-order valence-electron chi connectivity index (χ4n) is 5.62. The molecule has 2 saturated heterocycles. The third-order valence-electron chi connectivity index (χ3n) is 7.51. The first-order valence-corrected chi connectivity index (χ1v) is 13.2. The average molecular weight is 494 g/mol. The summed E-state index contributed by atoms with van der Waals surface area (Å²) in [7, 11) is 3.31. The van der Waals surface area contributed by atoms with Crippen LogP contribution in [-0.2, 0) is 4.79 Å². The van der Waals surface area contributed by atoms with Crippen LogP contribution in [0.4, 0.5) is 0 Å². The predicted octanol–water partition coefficient (Wildman–Crippen LogP) is 4.38. The molecular formula is C29H39N3O4. The highest BCUT2D eigenvalue weighted by Gasteiger charge is 2.34. The predicted molar refractivity (Wildman–Crippen MR) is 140 cm³/mol. The Labute approximate surface area is 215 Å². The molecule has 2 aromatic carbocycles. The zero-order chi connectivity index (χ0) is 25.5. The number of piperidine rings is 1. The van der Waals surface area contributed by atoms with Gasteiger partial charge in [0.15, 0.2) is 0 Å². The standard InChI is InChI=1S/C29H39N3O4/c1-4-16-31(23-14-18-30(19-15-23)29(34)22-9-6-5-7-10-22)21-28(33)32-17-8-11-26(32)25-13-12-24(35-2)20-27(25)36-3/h5-7,9-10,12-13,20,23,26H,4,8,11,14-19,21H2,1-3H3. The van der Waals surface area contributed by atoms with Crippen molar-refractivity contribution < 1.29 is 19.1 Å². The Hall–Kier alpha value is -3.06. The molecule has 0 bridgehead atoms. The van der Waals surface area contributed by atoms with E-state index in [4.69, 9.17) is 9.47 Å². The van der Waals surface area contributed by atoms with E-state index in [9.17, 15) is 9.59 Å². The highest BCUT2D eigenvalue weighted by Crippen LogP contribution is 2.39. The van der Waals surface area contributed by atoms with E-state index in [0.717, 1.165) is 80.9 Å². The third-order valence-corrected chi connectivity index (χ3v) is 7.51. The smallest absolute Gasteiger partial charge is 0.253 e. The fraction of sp³-hybridized carbons (Fsp3) is 0.517. The second-order valence-corrected chi connectivity index (χ2v) is 9.71. The van der Waals surface area contributed by atoms with Gasteiger partial charge in [0.05, 0.1) is 26.8 Å². The van der Waals surface area contributed by atoms with E-state index in [-0.39, 0.29) is 17.9 Å². The molecule has 2 fully saturated rings. The lowest BCUT2D eigenvalue weighted by Crippen LogP contribution is -2.50. The Morgan fingerprint density at radius 1 is 0.972 bits per heavy atom. The van der Waals surface area contributed by atoms with Gasteiger partial charge in [-0.25, -0.2) is 0 Å². The first-order valence-electron chi connectivity index (χ1n) is 13.2. The van der Waals surface area contributed by atoms with Gasteiger partial charge in [-0.1, -0.05) is 25.1 Å². The molecule has 0 N–H and O–H groups in total. The molecule has 2 aromatic rings. The normalized spacial score (nSPS) is 18.5. The fourth-order valence-corrected chi connectivity index (χ4v) is 5.62. The van der Waals surface area contributed by atoms with E-state index in [0.29, 0.717) is 12.6 Å². The highest BCUT2D eigenvalue weighted by molar-refractivity contribution is 5.94. The van der Waals surface area contributed by atoms with Gasteiger partial charge in [-0.2, -0.15) is 0 Å². The monoisotopic (exact) mass is 493 g/mol. The minimum absolute atomic E-state index is 0.0205. The first-order chi connectivity index (χ1) is 17.5. The summed E-state index contributed by atoms with van der Waals surface area (Å²) in [5.74, 6) is 1.78. The van der Waals surface area contributed by atoms with E-state index in [1.54, 1.807) is 14.2 Å². The van der Waals surface area contributed by atoms with Crippen molar-refractivity contribution in [1.82, 2.24) is 14.7 Å². The molecule has 0 spiro atoms. The van der Waals surface area contributed by atoms with Crippen LogP contribution in [-0.4, -0.2) is 79.5 Å².